The molecule has 6 heterocycles. The van der Waals surface area contributed by atoms with Crippen molar-refractivity contribution < 1.29 is 24.2 Å². The molecule has 1 aromatic rings. The predicted molar refractivity (Wildman–Crippen MR) is 128 cm³/mol. The number of aliphatic hydroxyl groups excluding tert-OH is 1. The number of anilines is 1. The van der Waals surface area contributed by atoms with Crippen molar-refractivity contribution in [2.45, 2.75) is 75.2 Å². The molecule has 3 amide bonds. The highest BCUT2D eigenvalue weighted by atomic mass is 35.5. The Morgan fingerprint density at radius 1 is 1.17 bits per heavy atom. The van der Waals surface area contributed by atoms with Crippen molar-refractivity contribution in [2.75, 3.05) is 11.9 Å². The van der Waals surface area contributed by atoms with Crippen LogP contribution in [0.5, 0.6) is 5.75 Å². The highest BCUT2D eigenvalue weighted by Crippen LogP contribution is 2.70. The van der Waals surface area contributed by atoms with Crippen LogP contribution in [0.2, 0.25) is 5.02 Å². The van der Waals surface area contributed by atoms with Gasteiger partial charge in [-0.15, -0.1) is 0 Å². The Bertz CT molecular complexity index is 1320. The van der Waals surface area contributed by atoms with Crippen molar-refractivity contribution in [2.24, 2.45) is 11.3 Å². The van der Waals surface area contributed by atoms with E-state index in [-0.39, 0.29) is 17.7 Å². The van der Waals surface area contributed by atoms with Gasteiger partial charge in [0.25, 0.3) is 5.91 Å². The third kappa shape index (κ3) is 2.01. The Morgan fingerprint density at radius 2 is 1.91 bits per heavy atom. The van der Waals surface area contributed by atoms with E-state index in [4.69, 9.17) is 16.3 Å². The number of carbonyl (C=O) groups excluding carboxylic acids is 3. The van der Waals surface area contributed by atoms with Gasteiger partial charge in [0.2, 0.25) is 11.8 Å². The smallest absolute Gasteiger partial charge is 0.252 e. The molecule has 7 aliphatic rings. The van der Waals surface area contributed by atoms with Crippen LogP contribution in [0, 0.1) is 11.3 Å². The number of halogens is 1. The van der Waals surface area contributed by atoms with E-state index >= 15 is 0 Å². The fourth-order valence-corrected chi connectivity index (χ4v) is 8.64. The van der Waals surface area contributed by atoms with E-state index in [2.05, 4.69) is 10.6 Å². The van der Waals surface area contributed by atoms with Crippen LogP contribution >= 0.6 is 11.6 Å². The first-order valence-corrected chi connectivity index (χ1v) is 12.6. The first-order valence-electron chi connectivity index (χ1n) is 12.2. The minimum Gasteiger partial charge on any atom is -0.482 e. The molecule has 5 atom stereocenters. The third-order valence-corrected chi connectivity index (χ3v) is 10.2. The molecule has 3 N–H and O–H groups in total. The number of carbonyl (C=O) groups is 3. The van der Waals surface area contributed by atoms with E-state index < -0.39 is 39.5 Å². The fourth-order valence-electron chi connectivity index (χ4n) is 8.39. The van der Waals surface area contributed by atoms with Crippen LogP contribution in [0.1, 0.15) is 58.1 Å². The molecule has 5 fully saturated rings. The average Bonchev–Trinajstić information content (AvgIpc) is 3.38. The highest BCUT2D eigenvalue weighted by Gasteiger charge is 2.85. The van der Waals surface area contributed by atoms with Gasteiger partial charge in [0.1, 0.15) is 33.9 Å². The van der Waals surface area contributed by atoms with Gasteiger partial charge in [-0.25, -0.2) is 0 Å². The number of rotatable bonds is 0. The van der Waals surface area contributed by atoms with Crippen molar-refractivity contribution in [3.05, 3.63) is 28.3 Å². The maximum atomic E-state index is 14.0. The Hall–Kier alpha value is -2.58. The van der Waals surface area contributed by atoms with Crippen LogP contribution in [0.25, 0.3) is 6.08 Å². The van der Waals surface area contributed by atoms with Crippen molar-refractivity contribution in [1.82, 2.24) is 10.2 Å². The number of hydrogen-bond donors (Lipinski definition) is 3. The van der Waals surface area contributed by atoms with Crippen LogP contribution in [-0.2, 0) is 19.8 Å². The van der Waals surface area contributed by atoms with E-state index in [1.54, 1.807) is 11.0 Å². The van der Waals surface area contributed by atoms with E-state index in [0.29, 0.717) is 47.0 Å². The largest absolute Gasteiger partial charge is 0.482 e. The normalized spacial score (nSPS) is 40.7. The van der Waals surface area contributed by atoms with Crippen LogP contribution in [0.4, 0.5) is 5.69 Å². The summed E-state index contributed by atoms with van der Waals surface area (Å²) in [5.41, 5.74) is -3.66. The Labute approximate surface area is 208 Å². The molecule has 3 spiro atoms. The number of nitrogens with one attached hydrogen (secondary N) is 2. The summed E-state index contributed by atoms with van der Waals surface area (Å²) in [7, 11) is 0. The van der Waals surface area contributed by atoms with Gasteiger partial charge in [0, 0.05) is 18.0 Å². The lowest BCUT2D eigenvalue weighted by molar-refractivity contribution is -0.180. The highest BCUT2D eigenvalue weighted by molar-refractivity contribution is 6.33. The summed E-state index contributed by atoms with van der Waals surface area (Å²) >= 11 is 6.74. The molecule has 8 rings (SSSR count). The van der Waals surface area contributed by atoms with E-state index in [9.17, 15) is 19.5 Å². The molecular weight excluding hydrogens is 470 g/mol. The molecule has 0 radical (unpaired) electrons. The summed E-state index contributed by atoms with van der Waals surface area (Å²) in [6.45, 7) is 8.19. The number of aliphatic hydroxyl groups is 1. The lowest BCUT2D eigenvalue weighted by Gasteiger charge is -2.59. The predicted octanol–water partition coefficient (Wildman–Crippen LogP) is 2.36. The number of piperazine rings is 1. The quantitative estimate of drug-likeness (QED) is 0.510. The van der Waals surface area contributed by atoms with Crippen LogP contribution in [-0.4, -0.2) is 57.1 Å². The number of fused-ring (bicyclic) bond motifs is 5. The molecule has 0 aromatic heterocycles. The molecule has 2 bridgehead atoms. The second kappa shape index (κ2) is 5.86. The lowest BCUT2D eigenvalue weighted by Crippen LogP contribution is -2.83. The molecule has 1 saturated carbocycles. The standard InChI is InChI=1S/C26H28ClN3O5/c1-22(2)8-6-12-16-13(10-14(27)17(12)35-22)25(20(33)28-16)18(31)26-15(23(25,3)4)11-24(19(32)29-26)7-5-9-30(24)21(26)34/h6,8,10,15,18,31H,5,7,9,11H2,1-4H3,(H,28,33)(H,29,32). The topological polar surface area (TPSA) is 108 Å². The van der Waals surface area contributed by atoms with Gasteiger partial charge in [0.05, 0.1) is 10.7 Å². The minimum absolute atomic E-state index is 0.224. The van der Waals surface area contributed by atoms with Crippen molar-refractivity contribution in [1.29, 1.82) is 0 Å². The molecule has 8 nitrogen and oxygen atoms in total. The molecule has 4 saturated heterocycles. The van der Waals surface area contributed by atoms with Crippen LogP contribution in [0.15, 0.2) is 12.1 Å². The second-order valence-electron chi connectivity index (χ2n) is 12.1. The molecule has 9 heteroatoms. The molecule has 184 valence electrons. The third-order valence-electron chi connectivity index (χ3n) is 9.96. The summed E-state index contributed by atoms with van der Waals surface area (Å²) in [4.78, 5) is 43.1. The van der Waals surface area contributed by atoms with Crippen LogP contribution < -0.4 is 15.4 Å². The molecule has 1 aromatic carbocycles. The molecule has 1 aliphatic carbocycles. The van der Waals surface area contributed by atoms with E-state index in [1.807, 2.05) is 39.8 Å². The summed E-state index contributed by atoms with van der Waals surface area (Å²) in [6, 6.07) is 1.69. The molecule has 6 aliphatic heterocycles. The SMILES string of the molecule is CC1(C)C=Cc2c3c(cc(Cl)c2O1)C1(C(=O)N3)C(O)C23NC(=O)C4(CCCN4C2=O)CC3C1(C)C. The van der Waals surface area contributed by atoms with Gasteiger partial charge < -0.3 is 25.4 Å². The molecule has 35 heavy (non-hydrogen) atoms. The first kappa shape index (κ1) is 21.7. The number of benzene rings is 1. The number of amides is 3. The van der Waals surface area contributed by atoms with E-state index in [1.165, 1.54) is 0 Å². The number of nitrogens with zero attached hydrogens (tertiary/aromatic N) is 1. The van der Waals surface area contributed by atoms with Gasteiger partial charge in [-0.3, -0.25) is 14.4 Å². The van der Waals surface area contributed by atoms with Gasteiger partial charge in [-0.05, 0) is 62.3 Å². The van der Waals surface area contributed by atoms with Gasteiger partial charge in [-0.2, -0.15) is 0 Å². The zero-order valence-corrected chi connectivity index (χ0v) is 20.9. The number of hydrogen-bond acceptors (Lipinski definition) is 5. The average molecular weight is 498 g/mol. The maximum Gasteiger partial charge on any atom is 0.252 e. The number of piperidine rings is 2. The maximum absolute atomic E-state index is 14.0. The van der Waals surface area contributed by atoms with Crippen molar-refractivity contribution >= 4 is 41.1 Å². The lowest BCUT2D eigenvalue weighted by atomic mass is 9.57. The van der Waals surface area contributed by atoms with Gasteiger partial charge >= 0.3 is 0 Å². The molecule has 5 unspecified atom stereocenters. The fraction of sp³-hybridized carbons (Fsp3) is 0.577. The minimum atomic E-state index is -1.57. The summed E-state index contributed by atoms with van der Waals surface area (Å²) in [5.74, 6) is -0.848. The van der Waals surface area contributed by atoms with Gasteiger partial charge in [0.15, 0.2) is 0 Å². The Balaban J connectivity index is 1.49. The zero-order chi connectivity index (χ0) is 24.9. The Morgan fingerprint density at radius 3 is 2.66 bits per heavy atom. The van der Waals surface area contributed by atoms with Crippen LogP contribution in [0.3, 0.4) is 0 Å². The second-order valence-corrected chi connectivity index (χ2v) is 12.5. The Kier molecular flexibility index (Phi) is 3.63. The zero-order valence-electron chi connectivity index (χ0n) is 20.1. The van der Waals surface area contributed by atoms with E-state index in [0.717, 1.165) is 6.42 Å². The molecular formula is C26H28ClN3O5. The van der Waals surface area contributed by atoms with Crippen molar-refractivity contribution in [3.8, 4) is 5.75 Å². The van der Waals surface area contributed by atoms with Crippen molar-refractivity contribution in [3.63, 3.8) is 0 Å². The monoisotopic (exact) mass is 497 g/mol. The summed E-state index contributed by atoms with van der Waals surface area (Å²) in [6.07, 6.45) is 4.08. The summed E-state index contributed by atoms with van der Waals surface area (Å²) < 4.78 is 6.11. The van der Waals surface area contributed by atoms with Gasteiger partial charge in [-0.1, -0.05) is 25.4 Å². The summed E-state index contributed by atoms with van der Waals surface area (Å²) in [5, 5.41) is 18.5. The number of ether oxygens (including phenoxy) is 1. The first-order chi connectivity index (χ1) is 16.3.